The number of hydrogen-bond donors (Lipinski definition) is 1. The van der Waals surface area contributed by atoms with E-state index in [0.717, 1.165) is 22.4 Å². The van der Waals surface area contributed by atoms with Crippen molar-refractivity contribution in [1.82, 2.24) is 0 Å². The maximum absolute atomic E-state index is 12.2. The highest BCUT2D eigenvalue weighted by Crippen LogP contribution is 2.44. The van der Waals surface area contributed by atoms with Gasteiger partial charge in [0, 0.05) is 5.02 Å². The van der Waals surface area contributed by atoms with Crippen LogP contribution in [0.1, 0.15) is 30.5 Å². The van der Waals surface area contributed by atoms with Crippen molar-refractivity contribution in [1.29, 1.82) is 0 Å². The molecule has 1 aromatic rings. The summed E-state index contributed by atoms with van der Waals surface area (Å²) in [5, 5.41) is 3.76. The first-order valence-corrected chi connectivity index (χ1v) is 7.49. The molecule has 0 radical (unpaired) electrons. The Bertz CT molecular complexity index is 645. The van der Waals surface area contributed by atoms with Crippen molar-refractivity contribution in [3.8, 4) is 5.75 Å². The predicted octanol–water partition coefficient (Wildman–Crippen LogP) is 3.72. The van der Waals surface area contributed by atoms with Crippen LogP contribution in [0.3, 0.4) is 0 Å². The fraction of sp³-hybridized carbons (Fsp3) is 0.467. The first-order valence-electron chi connectivity index (χ1n) is 6.71. The lowest BCUT2D eigenvalue weighted by Gasteiger charge is -2.36. The van der Waals surface area contributed by atoms with Gasteiger partial charge in [0.2, 0.25) is 0 Å². The monoisotopic (exact) mass is 327 g/mol. The summed E-state index contributed by atoms with van der Waals surface area (Å²) < 4.78 is 11.0. The van der Waals surface area contributed by atoms with Crippen molar-refractivity contribution < 1.29 is 14.3 Å². The predicted molar refractivity (Wildman–Crippen MR) is 87.5 cm³/mol. The molecule has 4 nitrogen and oxygen atoms in total. The fourth-order valence-electron chi connectivity index (χ4n) is 2.25. The summed E-state index contributed by atoms with van der Waals surface area (Å²) in [7, 11) is 0. The second-order valence-electron chi connectivity index (χ2n) is 5.20. The molecule has 1 aliphatic rings. The normalized spacial score (nSPS) is 20.4. The molecule has 0 fully saturated rings. The molecule has 114 valence electrons. The van der Waals surface area contributed by atoms with Crippen molar-refractivity contribution >= 4 is 40.5 Å². The number of benzene rings is 1. The van der Waals surface area contributed by atoms with Crippen LogP contribution in [0.15, 0.2) is 0 Å². The lowest BCUT2D eigenvalue weighted by atomic mass is 9.98. The number of carbonyl (C=O) groups is 1. The summed E-state index contributed by atoms with van der Waals surface area (Å²) in [5.74, 6) is 0.0939. The van der Waals surface area contributed by atoms with E-state index in [2.05, 4.69) is 5.32 Å². The van der Waals surface area contributed by atoms with Crippen LogP contribution in [0.2, 0.25) is 5.02 Å². The van der Waals surface area contributed by atoms with Gasteiger partial charge in [-0.15, -0.1) is 0 Å². The van der Waals surface area contributed by atoms with Crippen LogP contribution < -0.4 is 10.1 Å². The molecule has 2 rings (SSSR count). The van der Waals surface area contributed by atoms with Gasteiger partial charge in [0.15, 0.2) is 0 Å². The summed E-state index contributed by atoms with van der Waals surface area (Å²) in [5.41, 5.74) is 2.05. The van der Waals surface area contributed by atoms with E-state index in [1.54, 1.807) is 13.8 Å². The Hall–Kier alpha value is -1.33. The molecule has 21 heavy (non-hydrogen) atoms. The van der Waals surface area contributed by atoms with Gasteiger partial charge >= 0.3 is 5.97 Å². The molecule has 1 aliphatic heterocycles. The average molecular weight is 328 g/mol. The van der Waals surface area contributed by atoms with Gasteiger partial charge in [-0.25, -0.2) is 4.79 Å². The second kappa shape index (κ2) is 5.46. The third kappa shape index (κ3) is 2.38. The molecule has 0 spiro atoms. The maximum atomic E-state index is 12.2. The van der Waals surface area contributed by atoms with Crippen LogP contribution in [0.5, 0.6) is 5.75 Å². The van der Waals surface area contributed by atoms with E-state index < -0.39 is 11.6 Å². The number of hydrogen-bond acceptors (Lipinski definition) is 4. The van der Waals surface area contributed by atoms with Crippen LogP contribution in [0.25, 0.3) is 0 Å². The molecule has 0 bridgehead atoms. The van der Waals surface area contributed by atoms with Gasteiger partial charge in [-0.3, -0.25) is 0 Å². The maximum Gasteiger partial charge on any atom is 0.357 e. The third-order valence-electron chi connectivity index (χ3n) is 3.81. The molecular formula is C15H18ClNO3S. The van der Waals surface area contributed by atoms with Gasteiger partial charge in [0.1, 0.15) is 10.7 Å². The van der Waals surface area contributed by atoms with E-state index in [1.165, 1.54) is 0 Å². The van der Waals surface area contributed by atoms with Crippen molar-refractivity contribution in [3.05, 3.63) is 21.7 Å². The van der Waals surface area contributed by atoms with E-state index in [9.17, 15) is 4.79 Å². The Morgan fingerprint density at radius 2 is 1.95 bits per heavy atom. The smallest absolute Gasteiger partial charge is 0.357 e. The zero-order valence-corrected chi connectivity index (χ0v) is 14.3. The molecule has 0 aromatic heterocycles. The van der Waals surface area contributed by atoms with Gasteiger partial charge in [0.25, 0.3) is 5.60 Å². The Kier molecular flexibility index (Phi) is 4.17. The average Bonchev–Trinajstić information content (AvgIpc) is 2.45. The summed E-state index contributed by atoms with van der Waals surface area (Å²) in [4.78, 5) is 12.5. The second-order valence-corrected chi connectivity index (χ2v) is 5.99. The lowest BCUT2D eigenvalue weighted by molar-refractivity contribution is -0.154. The van der Waals surface area contributed by atoms with Crippen LogP contribution >= 0.6 is 23.8 Å². The highest BCUT2D eigenvalue weighted by molar-refractivity contribution is 7.80. The number of fused-ring (bicyclic) bond motifs is 1. The van der Waals surface area contributed by atoms with Crippen LogP contribution in [-0.4, -0.2) is 23.2 Å². The van der Waals surface area contributed by atoms with Crippen LogP contribution in [-0.2, 0) is 9.53 Å². The Morgan fingerprint density at radius 3 is 2.52 bits per heavy atom. The minimum atomic E-state index is -1.32. The number of nitrogens with one attached hydrogen (secondary N) is 1. The quantitative estimate of drug-likeness (QED) is 0.662. The van der Waals surface area contributed by atoms with Crippen LogP contribution in [0.4, 0.5) is 5.69 Å². The summed E-state index contributed by atoms with van der Waals surface area (Å²) in [6.45, 7) is 9.34. The number of anilines is 1. The molecule has 1 unspecified atom stereocenters. The zero-order chi connectivity index (χ0) is 15.9. The van der Waals surface area contributed by atoms with Gasteiger partial charge in [-0.2, -0.15) is 0 Å². The highest BCUT2D eigenvalue weighted by Gasteiger charge is 2.46. The van der Waals surface area contributed by atoms with Crippen molar-refractivity contribution in [3.63, 3.8) is 0 Å². The molecule has 1 N–H and O–H groups in total. The van der Waals surface area contributed by atoms with Crippen molar-refractivity contribution in [2.75, 3.05) is 11.9 Å². The minimum Gasteiger partial charge on any atom is -0.466 e. The van der Waals surface area contributed by atoms with E-state index in [4.69, 9.17) is 33.3 Å². The van der Waals surface area contributed by atoms with E-state index in [0.29, 0.717) is 10.8 Å². The number of thiocarbonyl (C=S) groups is 1. The minimum absolute atomic E-state index is 0.269. The van der Waals surface area contributed by atoms with Gasteiger partial charge in [-0.1, -0.05) is 23.8 Å². The largest absolute Gasteiger partial charge is 0.466 e. The number of rotatable bonds is 2. The van der Waals surface area contributed by atoms with E-state index >= 15 is 0 Å². The van der Waals surface area contributed by atoms with Crippen molar-refractivity contribution in [2.45, 2.75) is 40.2 Å². The van der Waals surface area contributed by atoms with Gasteiger partial charge in [-0.05, 0) is 51.3 Å². The fourth-order valence-corrected chi connectivity index (χ4v) is 2.71. The molecule has 1 heterocycles. The standard InChI is InChI=1S/C15H18ClNO3S/c1-6-19-14(18)15(5)13(21)17-11-9(4)10(16)7(2)8(3)12(11)20-15/h6H2,1-5H3,(H,17,21). The Morgan fingerprint density at radius 1 is 1.33 bits per heavy atom. The first kappa shape index (κ1) is 16.0. The van der Waals surface area contributed by atoms with Crippen LogP contribution in [0, 0.1) is 20.8 Å². The highest BCUT2D eigenvalue weighted by atomic mass is 35.5. The molecule has 0 amide bonds. The molecule has 0 saturated carbocycles. The lowest BCUT2D eigenvalue weighted by Crippen LogP contribution is -2.54. The Labute approximate surface area is 134 Å². The summed E-state index contributed by atoms with van der Waals surface area (Å²) >= 11 is 11.6. The topological polar surface area (TPSA) is 47.6 Å². The Balaban J connectivity index is 2.58. The number of esters is 1. The molecule has 1 atom stereocenters. The number of halogens is 1. The molecule has 0 saturated heterocycles. The molecule has 1 aromatic carbocycles. The van der Waals surface area contributed by atoms with E-state index in [-0.39, 0.29) is 11.6 Å². The summed E-state index contributed by atoms with van der Waals surface area (Å²) in [6.07, 6.45) is 0. The molecule has 0 aliphatic carbocycles. The van der Waals surface area contributed by atoms with Crippen molar-refractivity contribution in [2.24, 2.45) is 0 Å². The van der Waals surface area contributed by atoms with Gasteiger partial charge in [0.05, 0.1) is 12.3 Å². The number of ether oxygens (including phenoxy) is 2. The number of carbonyl (C=O) groups excluding carboxylic acids is 1. The molecular weight excluding hydrogens is 310 g/mol. The first-order chi connectivity index (χ1) is 9.74. The molecule has 6 heteroatoms. The summed E-state index contributed by atoms with van der Waals surface area (Å²) in [6, 6.07) is 0. The van der Waals surface area contributed by atoms with E-state index in [1.807, 2.05) is 20.8 Å². The third-order valence-corrected chi connectivity index (χ3v) is 4.87. The zero-order valence-electron chi connectivity index (χ0n) is 12.7. The SMILES string of the molecule is CCOC(=O)C1(C)Oc2c(C)c(C)c(Cl)c(C)c2NC1=S. The van der Waals surface area contributed by atoms with Gasteiger partial charge < -0.3 is 14.8 Å².